The van der Waals surface area contributed by atoms with Crippen molar-refractivity contribution in [2.45, 2.75) is 31.5 Å². The number of hydrogen-bond acceptors (Lipinski definition) is 6. The third kappa shape index (κ3) is 2.86. The molecule has 0 aliphatic carbocycles. The molecule has 3 fully saturated rings. The number of likely N-dealkylation sites (N-methyl/N-ethyl adjacent to an activating group) is 1. The Bertz CT molecular complexity index is 708. The van der Waals surface area contributed by atoms with Crippen molar-refractivity contribution < 1.29 is 14.4 Å². The second kappa shape index (κ2) is 6.54. The maximum Gasteiger partial charge on any atom is 0.319 e. The average Bonchev–Trinajstić information content (AvgIpc) is 3.36. The van der Waals surface area contributed by atoms with Crippen molar-refractivity contribution >= 4 is 17.8 Å². The summed E-state index contributed by atoms with van der Waals surface area (Å²) >= 11 is 0. The van der Waals surface area contributed by atoms with Gasteiger partial charge >= 0.3 is 6.03 Å². The minimum atomic E-state index is -0.0940. The van der Waals surface area contributed by atoms with Gasteiger partial charge in [-0.3, -0.25) is 9.59 Å². The van der Waals surface area contributed by atoms with Crippen LogP contribution in [0.2, 0.25) is 0 Å². The van der Waals surface area contributed by atoms with Crippen molar-refractivity contribution in [2.75, 3.05) is 39.8 Å². The van der Waals surface area contributed by atoms with Crippen molar-refractivity contribution in [3.8, 4) is 0 Å². The number of rotatable bonds is 5. The fourth-order valence-corrected chi connectivity index (χ4v) is 4.15. The summed E-state index contributed by atoms with van der Waals surface area (Å²) in [7, 11) is 1.78. The monoisotopic (exact) mass is 362 g/mol. The van der Waals surface area contributed by atoms with Gasteiger partial charge in [0.2, 0.25) is 11.8 Å². The molecule has 0 spiro atoms. The topological polar surface area (TPSA) is 108 Å². The number of fused-ring (bicyclic) bond motifs is 1. The zero-order valence-corrected chi connectivity index (χ0v) is 14.7. The highest BCUT2D eigenvalue weighted by molar-refractivity contribution is 5.83. The summed E-state index contributed by atoms with van der Waals surface area (Å²) in [5, 5.41) is 10.8. The van der Waals surface area contributed by atoms with Gasteiger partial charge in [0.05, 0.1) is 12.1 Å². The highest BCUT2D eigenvalue weighted by Crippen LogP contribution is 2.32. The molecule has 0 radical (unpaired) electrons. The van der Waals surface area contributed by atoms with Gasteiger partial charge in [0, 0.05) is 46.2 Å². The summed E-state index contributed by atoms with van der Waals surface area (Å²) in [6, 6.07) is -0.0444. The molecule has 3 saturated heterocycles. The Morgan fingerprint density at radius 1 is 1.19 bits per heavy atom. The van der Waals surface area contributed by atoms with Gasteiger partial charge in [-0.25, -0.2) is 9.48 Å². The summed E-state index contributed by atoms with van der Waals surface area (Å²) in [4.78, 5) is 44.1. The van der Waals surface area contributed by atoms with E-state index < -0.39 is 0 Å². The van der Waals surface area contributed by atoms with Crippen molar-refractivity contribution in [3.05, 3.63) is 6.33 Å². The van der Waals surface area contributed by atoms with Gasteiger partial charge in [-0.05, 0) is 16.8 Å². The number of carbonyl (C=O) groups excluding carboxylic acids is 3. The fourth-order valence-electron chi connectivity index (χ4n) is 4.15. The number of tetrazole rings is 1. The number of urea groups is 1. The second-order valence-corrected chi connectivity index (χ2v) is 7.00. The Morgan fingerprint density at radius 3 is 2.73 bits per heavy atom. The Balaban J connectivity index is 1.36. The quantitative estimate of drug-likeness (QED) is 0.614. The number of hydrogen-bond donors (Lipinski definition) is 0. The van der Waals surface area contributed by atoms with Crippen LogP contribution in [0.3, 0.4) is 0 Å². The number of carbonyl (C=O) groups is 3. The molecule has 2 atom stereocenters. The maximum atomic E-state index is 12.5. The van der Waals surface area contributed by atoms with E-state index in [0.29, 0.717) is 32.6 Å². The fraction of sp³-hybridized carbons (Fsp3) is 0.733. The molecule has 26 heavy (non-hydrogen) atoms. The predicted octanol–water partition coefficient (Wildman–Crippen LogP) is -1.76. The summed E-state index contributed by atoms with van der Waals surface area (Å²) in [6.07, 6.45) is 2.52. The molecule has 4 heterocycles. The molecular formula is C15H22N8O3. The standard InChI is InChI=1S/C15H22N8O3/c1-19-4-5-20(15(19)26)6-7-23-11-2-3-22(12(11)8-13(23)24)14(25)9-21-10-16-17-18-21/h10-12H,2-9H2,1H3/t11-,12-/m0/s1. The van der Waals surface area contributed by atoms with Crippen molar-refractivity contribution in [1.82, 2.24) is 39.8 Å². The molecular weight excluding hydrogens is 340 g/mol. The number of likely N-dealkylation sites (tertiary alicyclic amines) is 2. The van der Waals surface area contributed by atoms with E-state index in [2.05, 4.69) is 15.5 Å². The van der Waals surface area contributed by atoms with Gasteiger partial charge in [-0.2, -0.15) is 0 Å². The van der Waals surface area contributed by atoms with E-state index in [0.717, 1.165) is 13.0 Å². The molecule has 0 N–H and O–H groups in total. The largest absolute Gasteiger partial charge is 0.336 e. The first-order valence-electron chi connectivity index (χ1n) is 8.84. The first-order chi connectivity index (χ1) is 12.5. The van der Waals surface area contributed by atoms with Gasteiger partial charge < -0.3 is 19.6 Å². The number of nitrogens with zero attached hydrogens (tertiary/aromatic N) is 8. The van der Waals surface area contributed by atoms with Gasteiger partial charge in [0.1, 0.15) is 12.9 Å². The Kier molecular flexibility index (Phi) is 4.21. The summed E-state index contributed by atoms with van der Waals surface area (Å²) in [5.74, 6) is -0.0179. The van der Waals surface area contributed by atoms with Crippen LogP contribution in [-0.2, 0) is 16.1 Å². The van der Waals surface area contributed by atoms with E-state index >= 15 is 0 Å². The van der Waals surface area contributed by atoms with E-state index in [4.69, 9.17) is 0 Å². The van der Waals surface area contributed by atoms with E-state index in [9.17, 15) is 14.4 Å². The molecule has 3 aliphatic rings. The highest BCUT2D eigenvalue weighted by Gasteiger charge is 2.48. The van der Waals surface area contributed by atoms with Crippen molar-refractivity contribution in [3.63, 3.8) is 0 Å². The Morgan fingerprint density at radius 2 is 2.04 bits per heavy atom. The summed E-state index contributed by atoms with van der Waals surface area (Å²) in [6.45, 7) is 3.19. The smallest absolute Gasteiger partial charge is 0.319 e. The Labute approximate surface area is 150 Å². The molecule has 11 heteroatoms. The van der Waals surface area contributed by atoms with E-state index in [1.807, 2.05) is 4.90 Å². The van der Waals surface area contributed by atoms with Crippen LogP contribution in [0.1, 0.15) is 12.8 Å². The molecule has 4 amide bonds. The van der Waals surface area contributed by atoms with Crippen LogP contribution in [0.4, 0.5) is 4.79 Å². The molecule has 1 aromatic heterocycles. The lowest BCUT2D eigenvalue weighted by atomic mass is 10.1. The lowest BCUT2D eigenvalue weighted by Crippen LogP contribution is -2.43. The molecule has 1 aromatic rings. The van der Waals surface area contributed by atoms with E-state index in [1.165, 1.54) is 11.0 Å². The van der Waals surface area contributed by atoms with Gasteiger partial charge in [-0.1, -0.05) is 0 Å². The molecule has 0 unspecified atom stereocenters. The Hall–Kier alpha value is -2.72. The molecule has 4 rings (SSSR count). The van der Waals surface area contributed by atoms with E-state index in [-0.39, 0.29) is 36.5 Å². The number of aromatic nitrogens is 4. The third-order valence-corrected chi connectivity index (χ3v) is 5.54. The minimum Gasteiger partial charge on any atom is -0.336 e. The lowest BCUT2D eigenvalue weighted by molar-refractivity contribution is -0.133. The van der Waals surface area contributed by atoms with Crippen molar-refractivity contribution in [2.24, 2.45) is 0 Å². The third-order valence-electron chi connectivity index (χ3n) is 5.54. The molecule has 0 bridgehead atoms. The van der Waals surface area contributed by atoms with Crippen LogP contribution >= 0.6 is 0 Å². The van der Waals surface area contributed by atoms with Crippen LogP contribution in [-0.4, -0.2) is 110 Å². The minimum absolute atomic E-state index is 0.0119. The van der Waals surface area contributed by atoms with Crippen molar-refractivity contribution in [1.29, 1.82) is 0 Å². The summed E-state index contributed by atoms with van der Waals surface area (Å²) < 4.78 is 1.39. The van der Waals surface area contributed by atoms with Gasteiger partial charge in [0.25, 0.3) is 0 Å². The van der Waals surface area contributed by atoms with Crippen LogP contribution in [0.15, 0.2) is 6.33 Å². The zero-order valence-electron chi connectivity index (χ0n) is 14.7. The summed E-state index contributed by atoms with van der Waals surface area (Å²) in [5.41, 5.74) is 0. The zero-order chi connectivity index (χ0) is 18.3. The maximum absolute atomic E-state index is 12.5. The normalized spacial score (nSPS) is 25.6. The second-order valence-electron chi connectivity index (χ2n) is 7.00. The van der Waals surface area contributed by atoms with Gasteiger partial charge in [-0.15, -0.1) is 5.10 Å². The van der Waals surface area contributed by atoms with Gasteiger partial charge in [0.15, 0.2) is 0 Å². The molecule has 0 saturated carbocycles. The SMILES string of the molecule is CN1CCN(CCN2C(=O)C[C@H]3[C@@H]2CCN3C(=O)Cn2cnnn2)C1=O. The number of amides is 4. The molecule has 140 valence electrons. The average molecular weight is 362 g/mol. The molecule has 0 aromatic carbocycles. The first kappa shape index (κ1) is 16.7. The van der Waals surface area contributed by atoms with Crippen LogP contribution in [0.5, 0.6) is 0 Å². The highest BCUT2D eigenvalue weighted by atomic mass is 16.2. The van der Waals surface area contributed by atoms with Crippen LogP contribution < -0.4 is 0 Å². The first-order valence-corrected chi connectivity index (χ1v) is 8.84. The lowest BCUT2D eigenvalue weighted by Gasteiger charge is -2.27. The van der Waals surface area contributed by atoms with E-state index in [1.54, 1.807) is 21.7 Å². The van der Waals surface area contributed by atoms with Crippen LogP contribution in [0, 0.1) is 0 Å². The predicted molar refractivity (Wildman–Crippen MR) is 87.7 cm³/mol. The molecule has 3 aliphatic heterocycles. The molecule has 11 nitrogen and oxygen atoms in total. The van der Waals surface area contributed by atoms with Crippen LogP contribution in [0.25, 0.3) is 0 Å².